The number of benzene rings is 1. The van der Waals surface area contributed by atoms with E-state index in [-0.39, 0.29) is 12.3 Å². The molecule has 1 amide bonds. The SMILES string of the molecule is O=C(Cc1c(Cl)cccc1Cl)N1CCc2cnc(N3CCN(C4CCC4)CC3)nc2CC1. The van der Waals surface area contributed by atoms with Gasteiger partial charge in [-0.15, -0.1) is 0 Å². The highest BCUT2D eigenvalue weighted by molar-refractivity contribution is 6.36. The molecule has 0 atom stereocenters. The molecule has 0 radical (unpaired) electrons. The van der Waals surface area contributed by atoms with Crippen molar-refractivity contribution in [3.8, 4) is 0 Å². The fourth-order valence-electron chi connectivity index (χ4n) is 4.87. The van der Waals surface area contributed by atoms with Gasteiger partial charge in [-0.1, -0.05) is 35.7 Å². The first-order valence-electron chi connectivity index (χ1n) is 11.6. The summed E-state index contributed by atoms with van der Waals surface area (Å²) in [6, 6.07) is 6.15. The molecule has 2 fully saturated rings. The minimum Gasteiger partial charge on any atom is -0.342 e. The van der Waals surface area contributed by atoms with Crippen molar-refractivity contribution in [3.63, 3.8) is 0 Å². The van der Waals surface area contributed by atoms with Crippen molar-refractivity contribution >= 4 is 35.1 Å². The number of hydrogen-bond acceptors (Lipinski definition) is 5. The molecule has 1 saturated carbocycles. The molecule has 1 aliphatic carbocycles. The Balaban J connectivity index is 1.21. The Bertz CT molecular complexity index is 968. The van der Waals surface area contributed by atoms with Gasteiger partial charge in [-0.05, 0) is 42.5 Å². The molecule has 6 nitrogen and oxygen atoms in total. The first-order chi connectivity index (χ1) is 15.6. The predicted molar refractivity (Wildman–Crippen MR) is 128 cm³/mol. The summed E-state index contributed by atoms with van der Waals surface area (Å²) < 4.78 is 0. The average molecular weight is 474 g/mol. The van der Waals surface area contributed by atoms with Crippen LogP contribution in [0, 0.1) is 0 Å². The van der Waals surface area contributed by atoms with Gasteiger partial charge in [0.1, 0.15) is 0 Å². The molecule has 2 aliphatic heterocycles. The van der Waals surface area contributed by atoms with E-state index in [1.54, 1.807) is 18.2 Å². The third-order valence-electron chi connectivity index (χ3n) is 7.14. The monoisotopic (exact) mass is 473 g/mol. The normalized spacial score (nSPS) is 19.9. The highest BCUT2D eigenvalue weighted by atomic mass is 35.5. The molecule has 0 N–H and O–H groups in total. The highest BCUT2D eigenvalue weighted by Crippen LogP contribution is 2.27. The molecule has 32 heavy (non-hydrogen) atoms. The van der Waals surface area contributed by atoms with Gasteiger partial charge in [0.2, 0.25) is 11.9 Å². The molecule has 0 bridgehead atoms. The van der Waals surface area contributed by atoms with Gasteiger partial charge in [0.25, 0.3) is 0 Å². The van der Waals surface area contributed by atoms with Crippen molar-refractivity contribution in [1.82, 2.24) is 19.8 Å². The molecular weight excluding hydrogens is 445 g/mol. The first kappa shape index (κ1) is 21.9. The second-order valence-electron chi connectivity index (χ2n) is 9.01. The minimum absolute atomic E-state index is 0.0492. The lowest BCUT2D eigenvalue weighted by Gasteiger charge is -2.43. The van der Waals surface area contributed by atoms with Crippen molar-refractivity contribution in [3.05, 3.63) is 51.3 Å². The van der Waals surface area contributed by atoms with E-state index in [2.05, 4.69) is 14.8 Å². The number of carbonyl (C=O) groups excluding carboxylic acids is 1. The maximum absolute atomic E-state index is 13.0. The topological polar surface area (TPSA) is 52.6 Å². The van der Waals surface area contributed by atoms with Gasteiger partial charge in [0, 0.05) is 68.0 Å². The summed E-state index contributed by atoms with van der Waals surface area (Å²) in [5.74, 6) is 0.882. The number of aromatic nitrogens is 2. The van der Waals surface area contributed by atoms with E-state index < -0.39 is 0 Å². The lowest BCUT2D eigenvalue weighted by molar-refractivity contribution is -0.130. The van der Waals surface area contributed by atoms with Gasteiger partial charge in [-0.25, -0.2) is 9.97 Å². The predicted octanol–water partition coefficient (Wildman–Crippen LogP) is 3.63. The van der Waals surface area contributed by atoms with E-state index in [9.17, 15) is 4.79 Å². The molecular formula is C24H29Cl2N5O. The van der Waals surface area contributed by atoms with Crippen molar-refractivity contribution < 1.29 is 4.79 Å². The molecule has 8 heteroatoms. The second kappa shape index (κ2) is 9.54. The van der Waals surface area contributed by atoms with E-state index >= 15 is 0 Å². The number of nitrogens with zero attached hydrogens (tertiary/aromatic N) is 5. The summed E-state index contributed by atoms with van der Waals surface area (Å²) in [4.78, 5) is 29.4. The van der Waals surface area contributed by atoms with Crippen LogP contribution in [0.3, 0.4) is 0 Å². The zero-order valence-electron chi connectivity index (χ0n) is 18.3. The number of fused-ring (bicyclic) bond motifs is 1. The largest absolute Gasteiger partial charge is 0.342 e. The number of amides is 1. The lowest BCUT2D eigenvalue weighted by Crippen LogP contribution is -2.52. The second-order valence-corrected chi connectivity index (χ2v) is 9.82. The van der Waals surface area contributed by atoms with Crippen LogP contribution in [0.15, 0.2) is 24.4 Å². The quantitative estimate of drug-likeness (QED) is 0.678. The Labute approximate surface area is 199 Å². The van der Waals surface area contributed by atoms with Crippen molar-refractivity contribution in [1.29, 1.82) is 0 Å². The molecule has 0 spiro atoms. The van der Waals surface area contributed by atoms with Crippen LogP contribution in [-0.2, 0) is 24.1 Å². The summed E-state index contributed by atoms with van der Waals surface area (Å²) in [6.45, 7) is 5.48. The van der Waals surface area contributed by atoms with Gasteiger partial charge >= 0.3 is 0 Å². The fraction of sp³-hybridized carbons (Fsp3) is 0.542. The minimum atomic E-state index is 0.0492. The van der Waals surface area contributed by atoms with Crippen LogP contribution in [0.4, 0.5) is 5.95 Å². The van der Waals surface area contributed by atoms with E-state index in [1.807, 2.05) is 11.1 Å². The highest BCUT2D eigenvalue weighted by Gasteiger charge is 2.29. The third kappa shape index (κ3) is 4.59. The number of rotatable bonds is 4. The molecule has 170 valence electrons. The van der Waals surface area contributed by atoms with Crippen molar-refractivity contribution in [2.45, 2.75) is 44.6 Å². The summed E-state index contributed by atoms with van der Waals surface area (Å²) in [5, 5.41) is 1.08. The summed E-state index contributed by atoms with van der Waals surface area (Å²) in [5.41, 5.74) is 2.92. The van der Waals surface area contributed by atoms with Crippen LogP contribution in [0.1, 0.15) is 36.1 Å². The molecule has 5 rings (SSSR count). The van der Waals surface area contributed by atoms with Gasteiger partial charge in [-0.2, -0.15) is 0 Å². The molecule has 0 unspecified atom stereocenters. The number of halogens is 2. The molecule has 1 saturated heterocycles. The van der Waals surface area contributed by atoms with Gasteiger partial charge in [0.05, 0.1) is 12.1 Å². The number of piperazine rings is 1. The molecule has 1 aromatic heterocycles. The van der Waals surface area contributed by atoms with Crippen LogP contribution in [0.2, 0.25) is 10.0 Å². The van der Waals surface area contributed by atoms with Crippen LogP contribution in [0.5, 0.6) is 0 Å². The van der Waals surface area contributed by atoms with Crippen molar-refractivity contribution in [2.24, 2.45) is 0 Å². The Morgan fingerprint density at radius 2 is 1.72 bits per heavy atom. The maximum atomic E-state index is 13.0. The van der Waals surface area contributed by atoms with Crippen LogP contribution in [-0.4, -0.2) is 71.0 Å². The Hall–Kier alpha value is -1.89. The van der Waals surface area contributed by atoms with Gasteiger partial charge < -0.3 is 9.80 Å². The lowest BCUT2D eigenvalue weighted by atomic mass is 9.91. The summed E-state index contributed by atoms with van der Waals surface area (Å²) in [7, 11) is 0. The summed E-state index contributed by atoms with van der Waals surface area (Å²) in [6.07, 6.45) is 7.79. The summed E-state index contributed by atoms with van der Waals surface area (Å²) >= 11 is 12.5. The van der Waals surface area contributed by atoms with E-state index in [1.165, 1.54) is 19.3 Å². The van der Waals surface area contributed by atoms with E-state index in [0.717, 1.165) is 62.3 Å². The number of anilines is 1. The van der Waals surface area contributed by atoms with Gasteiger partial charge in [-0.3, -0.25) is 9.69 Å². The fourth-order valence-corrected chi connectivity index (χ4v) is 5.40. The molecule has 2 aromatic rings. The van der Waals surface area contributed by atoms with Crippen LogP contribution >= 0.6 is 23.2 Å². The Kier molecular flexibility index (Phi) is 6.54. The number of hydrogen-bond donors (Lipinski definition) is 0. The van der Waals surface area contributed by atoms with Crippen molar-refractivity contribution in [2.75, 3.05) is 44.2 Å². The zero-order valence-corrected chi connectivity index (χ0v) is 19.8. The first-order valence-corrected chi connectivity index (χ1v) is 12.4. The Morgan fingerprint density at radius 1 is 1.00 bits per heavy atom. The molecule has 1 aromatic carbocycles. The smallest absolute Gasteiger partial charge is 0.227 e. The van der Waals surface area contributed by atoms with E-state index in [0.29, 0.717) is 28.7 Å². The Morgan fingerprint density at radius 3 is 2.41 bits per heavy atom. The molecule has 3 aliphatic rings. The van der Waals surface area contributed by atoms with Crippen LogP contribution < -0.4 is 4.90 Å². The third-order valence-corrected chi connectivity index (χ3v) is 7.85. The molecule has 3 heterocycles. The van der Waals surface area contributed by atoms with Gasteiger partial charge in [0.15, 0.2) is 0 Å². The van der Waals surface area contributed by atoms with Crippen LogP contribution in [0.25, 0.3) is 0 Å². The van der Waals surface area contributed by atoms with E-state index in [4.69, 9.17) is 28.2 Å². The standard InChI is InChI=1S/C24H29Cl2N5O/c25-20-5-2-6-21(26)19(20)15-23(32)30-9-7-17-16-27-24(28-22(17)8-10-30)31-13-11-29(12-14-31)18-3-1-4-18/h2,5-6,16,18H,1,3-4,7-15H2. The average Bonchev–Trinajstić information content (AvgIpc) is 2.98. The maximum Gasteiger partial charge on any atom is 0.227 e. The zero-order chi connectivity index (χ0) is 22.1. The number of carbonyl (C=O) groups is 1.